The summed E-state index contributed by atoms with van der Waals surface area (Å²) < 4.78 is 17.1. The Morgan fingerprint density at radius 2 is 1.57 bits per heavy atom. The Bertz CT molecular complexity index is 764. The first kappa shape index (κ1) is 22.3. The Morgan fingerprint density at radius 1 is 1.00 bits per heavy atom. The van der Waals surface area contributed by atoms with Crippen molar-refractivity contribution in [3.63, 3.8) is 0 Å². The van der Waals surface area contributed by atoms with E-state index in [0.29, 0.717) is 68.6 Å². The van der Waals surface area contributed by atoms with Gasteiger partial charge in [0.05, 0.1) is 25.6 Å². The fourth-order valence-electron chi connectivity index (χ4n) is 3.74. The van der Waals surface area contributed by atoms with Crippen LogP contribution in [0.4, 0.5) is 4.79 Å². The van der Waals surface area contributed by atoms with E-state index in [1.807, 2.05) is 20.8 Å². The van der Waals surface area contributed by atoms with Gasteiger partial charge in [-0.3, -0.25) is 19.3 Å². The molecule has 0 spiro atoms. The molecule has 1 aromatic carbocycles. The van der Waals surface area contributed by atoms with E-state index < -0.39 is 0 Å². The predicted octanol–water partition coefficient (Wildman–Crippen LogP) is 3.18. The van der Waals surface area contributed by atoms with Crippen molar-refractivity contribution < 1.29 is 28.6 Å². The van der Waals surface area contributed by atoms with Crippen molar-refractivity contribution in [3.8, 4) is 17.2 Å². The molecule has 2 heterocycles. The van der Waals surface area contributed by atoms with E-state index in [9.17, 15) is 14.4 Å². The molecule has 0 atom stereocenters. The normalized spacial score (nSPS) is 17.4. The van der Waals surface area contributed by atoms with Gasteiger partial charge in [-0.15, -0.1) is 0 Å². The van der Waals surface area contributed by atoms with E-state index >= 15 is 0 Å². The zero-order chi connectivity index (χ0) is 21.7. The van der Waals surface area contributed by atoms with E-state index in [4.69, 9.17) is 14.2 Å². The lowest BCUT2D eigenvalue weighted by molar-refractivity contribution is -0.126. The fourth-order valence-corrected chi connectivity index (χ4v) is 4.51. The maximum absolute atomic E-state index is 13.2. The third kappa shape index (κ3) is 4.66. The number of nitrogens with zero attached hydrogens (tertiary/aromatic N) is 2. The maximum Gasteiger partial charge on any atom is 0.289 e. The molecule has 164 valence electrons. The highest BCUT2D eigenvalue weighted by Crippen LogP contribution is 2.39. The lowest BCUT2D eigenvalue weighted by Crippen LogP contribution is -2.48. The second kappa shape index (κ2) is 10.1. The van der Waals surface area contributed by atoms with Gasteiger partial charge in [0.2, 0.25) is 11.7 Å². The van der Waals surface area contributed by atoms with Crippen LogP contribution in [0.25, 0.3) is 0 Å². The smallest absolute Gasteiger partial charge is 0.289 e. The molecule has 2 saturated heterocycles. The summed E-state index contributed by atoms with van der Waals surface area (Å²) in [7, 11) is 0. The standard InChI is InChI=1S/C21H28N2O6S/c1-4-27-16-11-14(12-17(28-5-2)19(16)29-6-3)20(25)22-9-7-15(8-10-22)23-18(24)13-30-21(23)26/h11-12,15H,4-10,13H2,1-3H3. The van der Waals surface area contributed by atoms with Crippen LogP contribution in [0.5, 0.6) is 17.2 Å². The predicted molar refractivity (Wildman–Crippen MR) is 114 cm³/mol. The van der Waals surface area contributed by atoms with Crippen LogP contribution in [0.15, 0.2) is 12.1 Å². The number of carbonyl (C=O) groups is 3. The lowest BCUT2D eigenvalue weighted by atomic mass is 10.0. The van der Waals surface area contributed by atoms with Crippen LogP contribution >= 0.6 is 11.8 Å². The van der Waals surface area contributed by atoms with Crippen molar-refractivity contribution in [2.24, 2.45) is 0 Å². The Labute approximate surface area is 180 Å². The summed E-state index contributed by atoms with van der Waals surface area (Å²) in [6.07, 6.45) is 1.16. The summed E-state index contributed by atoms with van der Waals surface area (Å²) in [4.78, 5) is 40.2. The largest absolute Gasteiger partial charge is 0.490 e. The van der Waals surface area contributed by atoms with Gasteiger partial charge in [0.15, 0.2) is 11.5 Å². The number of rotatable bonds is 8. The van der Waals surface area contributed by atoms with Gasteiger partial charge in [-0.25, -0.2) is 0 Å². The second-order valence-corrected chi connectivity index (χ2v) is 7.87. The molecule has 0 unspecified atom stereocenters. The van der Waals surface area contributed by atoms with Gasteiger partial charge < -0.3 is 19.1 Å². The number of thioether (sulfide) groups is 1. The van der Waals surface area contributed by atoms with Gasteiger partial charge >= 0.3 is 0 Å². The second-order valence-electron chi connectivity index (χ2n) is 6.94. The molecule has 9 heteroatoms. The van der Waals surface area contributed by atoms with Gasteiger partial charge in [-0.1, -0.05) is 11.8 Å². The Balaban J connectivity index is 1.76. The van der Waals surface area contributed by atoms with Crippen LogP contribution in [0.1, 0.15) is 44.0 Å². The molecule has 2 fully saturated rings. The summed E-state index contributed by atoms with van der Waals surface area (Å²) in [6.45, 7) is 7.90. The van der Waals surface area contributed by atoms with Gasteiger partial charge in [-0.2, -0.15) is 0 Å². The first-order chi connectivity index (χ1) is 14.5. The number of piperidine rings is 1. The fraction of sp³-hybridized carbons (Fsp3) is 0.571. The van der Waals surface area contributed by atoms with Crippen molar-refractivity contribution in [1.82, 2.24) is 9.80 Å². The molecule has 1 aromatic rings. The summed E-state index contributed by atoms with van der Waals surface area (Å²) >= 11 is 1.05. The molecule has 0 aromatic heterocycles. The highest BCUT2D eigenvalue weighted by atomic mass is 32.2. The van der Waals surface area contributed by atoms with Gasteiger partial charge in [0.1, 0.15) is 0 Å². The average molecular weight is 437 g/mol. The first-order valence-corrected chi connectivity index (χ1v) is 11.3. The number of amides is 3. The quantitative estimate of drug-likeness (QED) is 0.619. The molecule has 30 heavy (non-hydrogen) atoms. The average Bonchev–Trinajstić information content (AvgIpc) is 3.08. The molecule has 8 nitrogen and oxygen atoms in total. The number of imide groups is 1. The van der Waals surface area contributed by atoms with Crippen LogP contribution in [-0.2, 0) is 4.79 Å². The number of likely N-dealkylation sites (tertiary alicyclic amines) is 1. The van der Waals surface area contributed by atoms with Crippen molar-refractivity contribution in [3.05, 3.63) is 17.7 Å². The monoisotopic (exact) mass is 436 g/mol. The third-order valence-electron chi connectivity index (χ3n) is 5.06. The molecular weight excluding hydrogens is 408 g/mol. The highest BCUT2D eigenvalue weighted by Gasteiger charge is 2.38. The molecule has 0 radical (unpaired) electrons. The number of carbonyl (C=O) groups excluding carboxylic acids is 3. The molecule has 3 amide bonds. The van der Waals surface area contributed by atoms with Gasteiger partial charge in [0.25, 0.3) is 11.1 Å². The number of hydrogen-bond donors (Lipinski definition) is 0. The minimum atomic E-state index is -0.181. The lowest BCUT2D eigenvalue weighted by Gasteiger charge is -2.35. The van der Waals surface area contributed by atoms with Crippen molar-refractivity contribution in [2.75, 3.05) is 38.7 Å². The summed E-state index contributed by atoms with van der Waals surface area (Å²) in [6, 6.07) is 3.24. The molecule has 0 saturated carbocycles. The summed E-state index contributed by atoms with van der Waals surface area (Å²) in [5.41, 5.74) is 0.465. The molecule has 0 N–H and O–H groups in total. The summed E-state index contributed by atoms with van der Waals surface area (Å²) in [5.74, 6) is 1.41. The van der Waals surface area contributed by atoms with Crippen LogP contribution in [0.3, 0.4) is 0 Å². The molecular formula is C21H28N2O6S. The SMILES string of the molecule is CCOc1cc(C(=O)N2CCC(N3C(=O)CSC3=O)CC2)cc(OCC)c1OCC. The van der Waals surface area contributed by atoms with Crippen LogP contribution < -0.4 is 14.2 Å². The molecule has 3 rings (SSSR count). The van der Waals surface area contributed by atoms with Crippen LogP contribution in [-0.4, -0.2) is 71.6 Å². The maximum atomic E-state index is 13.2. The third-order valence-corrected chi connectivity index (χ3v) is 5.89. The zero-order valence-corrected chi connectivity index (χ0v) is 18.5. The molecule has 2 aliphatic heterocycles. The van der Waals surface area contributed by atoms with E-state index in [0.717, 1.165) is 11.8 Å². The topological polar surface area (TPSA) is 85.4 Å². The number of hydrogen-bond acceptors (Lipinski definition) is 7. The minimum Gasteiger partial charge on any atom is -0.490 e. The van der Waals surface area contributed by atoms with Gasteiger partial charge in [0, 0.05) is 24.7 Å². The summed E-state index contributed by atoms with van der Waals surface area (Å²) in [5, 5.41) is -0.181. The van der Waals surface area contributed by atoms with E-state index in [1.54, 1.807) is 17.0 Å². The Hall–Kier alpha value is -2.42. The molecule has 0 bridgehead atoms. The van der Waals surface area contributed by atoms with E-state index in [2.05, 4.69) is 0 Å². The van der Waals surface area contributed by atoms with Gasteiger partial charge in [-0.05, 0) is 45.7 Å². The highest BCUT2D eigenvalue weighted by molar-refractivity contribution is 8.14. The zero-order valence-electron chi connectivity index (χ0n) is 17.6. The van der Waals surface area contributed by atoms with Crippen molar-refractivity contribution in [1.29, 1.82) is 0 Å². The van der Waals surface area contributed by atoms with Crippen molar-refractivity contribution in [2.45, 2.75) is 39.7 Å². The Morgan fingerprint density at radius 3 is 2.03 bits per heavy atom. The van der Waals surface area contributed by atoms with E-state index in [-0.39, 0.29) is 28.8 Å². The minimum absolute atomic E-state index is 0.133. The first-order valence-electron chi connectivity index (χ1n) is 10.3. The van der Waals surface area contributed by atoms with E-state index in [1.165, 1.54) is 4.90 Å². The van der Waals surface area contributed by atoms with Crippen LogP contribution in [0, 0.1) is 0 Å². The number of benzene rings is 1. The number of ether oxygens (including phenoxy) is 3. The van der Waals surface area contributed by atoms with Crippen molar-refractivity contribution >= 4 is 28.8 Å². The molecule has 0 aliphatic carbocycles. The molecule has 2 aliphatic rings. The van der Waals surface area contributed by atoms with Crippen LogP contribution in [0.2, 0.25) is 0 Å². The Kier molecular flexibility index (Phi) is 7.47.